The quantitative estimate of drug-likeness (QED) is 0.178. The van der Waals surface area contributed by atoms with Crippen LogP contribution in [0.15, 0.2) is 176 Å². The molecule has 0 atom stereocenters. The minimum atomic E-state index is 0.614. The van der Waals surface area contributed by atoms with Crippen molar-refractivity contribution in [1.29, 1.82) is 0 Å². The van der Waals surface area contributed by atoms with Crippen LogP contribution >= 0.6 is 0 Å². The monoisotopic (exact) mass is 615 g/mol. The number of nitrogens with zero attached hydrogens (tertiary/aromatic N) is 5. The van der Waals surface area contributed by atoms with Crippen molar-refractivity contribution in [2.24, 2.45) is 0 Å². The zero-order chi connectivity index (χ0) is 32.1. The van der Waals surface area contributed by atoms with Crippen molar-refractivity contribution in [2.45, 2.75) is 0 Å². The number of hydrogen-bond acceptors (Lipinski definition) is 5. The average molecular weight is 616 g/mol. The van der Waals surface area contributed by atoms with Crippen LogP contribution in [0.1, 0.15) is 0 Å². The molecule has 5 heteroatoms. The van der Waals surface area contributed by atoms with Gasteiger partial charge in [0, 0.05) is 29.1 Å². The van der Waals surface area contributed by atoms with Crippen molar-refractivity contribution in [3.63, 3.8) is 0 Å². The molecular formula is C43H29N5. The van der Waals surface area contributed by atoms with E-state index in [4.69, 9.17) is 19.9 Å². The predicted octanol–water partition coefficient (Wildman–Crippen LogP) is 10.3. The Morgan fingerprint density at radius 2 is 0.812 bits per heavy atom. The lowest BCUT2D eigenvalue weighted by Crippen LogP contribution is -1.97. The number of rotatable bonds is 7. The summed E-state index contributed by atoms with van der Waals surface area (Å²) in [5.41, 5.74) is 12.1. The summed E-state index contributed by atoms with van der Waals surface area (Å²) in [4.78, 5) is 24.5. The third-order valence-electron chi connectivity index (χ3n) is 8.21. The van der Waals surface area contributed by atoms with Gasteiger partial charge in [-0.05, 0) is 70.8 Å². The lowest BCUT2D eigenvalue weighted by molar-refractivity contribution is 1.17. The fourth-order valence-electron chi connectivity index (χ4n) is 5.75. The second kappa shape index (κ2) is 13.0. The summed E-state index contributed by atoms with van der Waals surface area (Å²) >= 11 is 0. The molecule has 0 N–H and O–H groups in total. The van der Waals surface area contributed by atoms with Gasteiger partial charge < -0.3 is 0 Å². The molecular weight excluding hydrogens is 587 g/mol. The summed E-state index contributed by atoms with van der Waals surface area (Å²) in [7, 11) is 0. The van der Waals surface area contributed by atoms with Crippen molar-refractivity contribution >= 4 is 0 Å². The maximum absolute atomic E-state index is 5.03. The van der Waals surface area contributed by atoms with Gasteiger partial charge in [0.05, 0.1) is 34.2 Å². The Bertz CT molecular complexity index is 2250. The van der Waals surface area contributed by atoms with Crippen LogP contribution in [0.2, 0.25) is 0 Å². The van der Waals surface area contributed by atoms with Gasteiger partial charge in [-0.3, -0.25) is 9.97 Å². The first-order valence-electron chi connectivity index (χ1n) is 15.8. The first-order chi connectivity index (χ1) is 23.8. The minimum absolute atomic E-state index is 0.614. The smallest absolute Gasteiger partial charge is 0.161 e. The fourth-order valence-corrected chi connectivity index (χ4v) is 5.75. The van der Waals surface area contributed by atoms with Crippen molar-refractivity contribution in [2.75, 3.05) is 0 Å². The molecule has 48 heavy (non-hydrogen) atoms. The van der Waals surface area contributed by atoms with Gasteiger partial charge >= 0.3 is 0 Å². The highest BCUT2D eigenvalue weighted by Gasteiger charge is 2.14. The first kappa shape index (κ1) is 28.9. The van der Waals surface area contributed by atoms with Crippen LogP contribution in [0.25, 0.3) is 78.9 Å². The van der Waals surface area contributed by atoms with Crippen molar-refractivity contribution in [3.05, 3.63) is 176 Å². The van der Waals surface area contributed by atoms with Crippen LogP contribution in [-0.2, 0) is 0 Å². The Labute approximate surface area is 279 Å². The van der Waals surface area contributed by atoms with Gasteiger partial charge in [-0.1, -0.05) is 115 Å². The van der Waals surface area contributed by atoms with Gasteiger partial charge in [0.2, 0.25) is 0 Å². The van der Waals surface area contributed by atoms with Crippen molar-refractivity contribution < 1.29 is 0 Å². The molecule has 8 rings (SSSR count). The summed E-state index contributed by atoms with van der Waals surface area (Å²) in [6.45, 7) is 0. The molecule has 0 radical (unpaired) electrons. The highest BCUT2D eigenvalue weighted by Crippen LogP contribution is 2.33. The topological polar surface area (TPSA) is 64.5 Å². The van der Waals surface area contributed by atoms with E-state index in [1.54, 1.807) is 6.20 Å². The molecule has 4 heterocycles. The van der Waals surface area contributed by atoms with Crippen LogP contribution in [0.3, 0.4) is 0 Å². The molecule has 4 aromatic carbocycles. The fraction of sp³-hybridized carbons (Fsp3) is 0. The molecule has 0 spiro atoms. The standard InChI is InChI=1S/C43H29N5/c1-4-13-30(14-5-1)33-19-12-20-34(25-33)36-26-41(37-21-10-11-24-44-37)46-42(27-36)38-23-22-35(29-45-38)43-47-39(31-15-6-2-7-16-31)28-40(48-43)32-17-8-3-9-18-32/h1-29H. The van der Waals surface area contributed by atoms with E-state index < -0.39 is 0 Å². The van der Waals surface area contributed by atoms with Crippen molar-refractivity contribution in [1.82, 2.24) is 24.9 Å². The van der Waals surface area contributed by atoms with E-state index >= 15 is 0 Å². The Hall–Kier alpha value is -6.59. The van der Waals surface area contributed by atoms with Gasteiger partial charge in [0.15, 0.2) is 5.82 Å². The molecule has 0 bridgehead atoms. The SMILES string of the molecule is c1ccc(-c2cccc(-c3cc(-c4ccccn4)nc(-c4ccc(-c5nc(-c6ccccc6)cc(-c6ccccc6)n5)cn4)c3)c2)cc1. The molecule has 0 saturated heterocycles. The molecule has 8 aromatic rings. The summed E-state index contributed by atoms with van der Waals surface area (Å²) in [5.74, 6) is 0.614. The van der Waals surface area contributed by atoms with E-state index in [0.29, 0.717) is 5.82 Å². The van der Waals surface area contributed by atoms with Crippen LogP contribution in [0, 0.1) is 0 Å². The Morgan fingerprint density at radius 3 is 1.38 bits per heavy atom. The van der Waals surface area contributed by atoms with Gasteiger partial charge in [-0.25, -0.2) is 15.0 Å². The highest BCUT2D eigenvalue weighted by molar-refractivity contribution is 5.79. The summed E-state index contributed by atoms with van der Waals surface area (Å²) < 4.78 is 0. The highest BCUT2D eigenvalue weighted by atomic mass is 14.9. The third kappa shape index (κ3) is 6.13. The van der Waals surface area contributed by atoms with Crippen LogP contribution in [0.5, 0.6) is 0 Å². The molecule has 0 saturated carbocycles. The number of hydrogen-bond donors (Lipinski definition) is 0. The van der Waals surface area contributed by atoms with E-state index in [1.807, 2.05) is 85.1 Å². The van der Waals surface area contributed by atoms with Crippen molar-refractivity contribution in [3.8, 4) is 78.9 Å². The third-order valence-corrected chi connectivity index (χ3v) is 8.21. The number of aromatic nitrogens is 5. The molecule has 0 aliphatic rings. The lowest BCUT2D eigenvalue weighted by Gasteiger charge is -2.12. The maximum atomic E-state index is 5.03. The molecule has 226 valence electrons. The van der Waals surface area contributed by atoms with E-state index in [1.165, 1.54) is 5.56 Å². The summed E-state index contributed by atoms with van der Waals surface area (Å²) in [6.07, 6.45) is 3.62. The summed E-state index contributed by atoms with van der Waals surface area (Å²) in [5, 5.41) is 0. The lowest BCUT2D eigenvalue weighted by atomic mass is 9.98. The Morgan fingerprint density at radius 1 is 0.271 bits per heavy atom. The molecule has 0 aliphatic carbocycles. The average Bonchev–Trinajstić information content (AvgIpc) is 3.19. The molecule has 0 amide bonds. The minimum Gasteiger partial charge on any atom is -0.255 e. The van der Waals surface area contributed by atoms with E-state index in [0.717, 1.165) is 67.5 Å². The number of benzene rings is 4. The maximum Gasteiger partial charge on any atom is 0.161 e. The van der Waals surface area contributed by atoms with Gasteiger partial charge in [-0.2, -0.15) is 0 Å². The molecule has 0 aliphatic heterocycles. The zero-order valence-corrected chi connectivity index (χ0v) is 26.0. The normalized spacial score (nSPS) is 10.9. The van der Waals surface area contributed by atoms with Gasteiger partial charge in [0.1, 0.15) is 0 Å². The first-order valence-corrected chi connectivity index (χ1v) is 15.8. The predicted molar refractivity (Wildman–Crippen MR) is 193 cm³/mol. The van der Waals surface area contributed by atoms with Crippen LogP contribution in [-0.4, -0.2) is 24.9 Å². The van der Waals surface area contributed by atoms with Crippen LogP contribution in [0.4, 0.5) is 0 Å². The second-order valence-corrected chi connectivity index (χ2v) is 11.4. The van der Waals surface area contributed by atoms with Gasteiger partial charge in [-0.15, -0.1) is 0 Å². The molecule has 4 aromatic heterocycles. The summed E-state index contributed by atoms with van der Waals surface area (Å²) in [6, 6.07) is 55.5. The number of pyridine rings is 3. The molecule has 0 unspecified atom stereocenters. The Kier molecular flexibility index (Phi) is 7.83. The zero-order valence-electron chi connectivity index (χ0n) is 26.0. The van der Waals surface area contributed by atoms with E-state index in [9.17, 15) is 0 Å². The second-order valence-electron chi connectivity index (χ2n) is 11.4. The van der Waals surface area contributed by atoms with Gasteiger partial charge in [0.25, 0.3) is 0 Å². The molecule has 0 fully saturated rings. The largest absolute Gasteiger partial charge is 0.255 e. The molecule has 5 nitrogen and oxygen atoms in total. The van der Waals surface area contributed by atoms with E-state index in [2.05, 4.69) is 89.9 Å². The van der Waals surface area contributed by atoms with E-state index in [-0.39, 0.29) is 0 Å². The Balaban J connectivity index is 1.20. The van der Waals surface area contributed by atoms with Crippen LogP contribution < -0.4 is 0 Å².